The predicted octanol–water partition coefficient (Wildman–Crippen LogP) is 6.50. The van der Waals surface area contributed by atoms with Gasteiger partial charge in [0.1, 0.15) is 11.8 Å². The van der Waals surface area contributed by atoms with Crippen molar-refractivity contribution in [2.45, 2.75) is 45.8 Å². The molecule has 0 radical (unpaired) electrons. The van der Waals surface area contributed by atoms with Crippen molar-refractivity contribution in [2.24, 2.45) is 0 Å². The van der Waals surface area contributed by atoms with Gasteiger partial charge >= 0.3 is 0 Å². The van der Waals surface area contributed by atoms with Gasteiger partial charge < -0.3 is 15.0 Å². The Hall–Kier alpha value is -2.73. The second-order valence-electron chi connectivity index (χ2n) is 8.83. The summed E-state index contributed by atoms with van der Waals surface area (Å²) in [5.74, 6) is -0.0935. The van der Waals surface area contributed by atoms with Gasteiger partial charge in [-0.25, -0.2) is 0 Å². The van der Waals surface area contributed by atoms with Crippen molar-refractivity contribution >= 4 is 46.6 Å². The van der Waals surface area contributed by atoms with Crippen molar-refractivity contribution in [1.29, 1.82) is 0 Å². The largest absolute Gasteiger partial charge is 0.484 e. The molecule has 36 heavy (non-hydrogen) atoms. The fourth-order valence-electron chi connectivity index (χ4n) is 3.70. The van der Waals surface area contributed by atoms with E-state index in [1.54, 1.807) is 36.4 Å². The summed E-state index contributed by atoms with van der Waals surface area (Å²) in [4.78, 5) is 28.5. The molecule has 0 heterocycles. The number of nitrogens with zero attached hydrogens (tertiary/aromatic N) is 1. The Bertz CT molecular complexity index is 1200. The van der Waals surface area contributed by atoms with Crippen LogP contribution in [-0.2, 0) is 22.6 Å². The topological polar surface area (TPSA) is 58.6 Å². The van der Waals surface area contributed by atoms with Crippen LogP contribution in [0.4, 0.5) is 0 Å². The van der Waals surface area contributed by atoms with Gasteiger partial charge in [0.15, 0.2) is 6.61 Å². The summed E-state index contributed by atoms with van der Waals surface area (Å²) in [5, 5.41) is 4.47. The molecule has 8 heteroatoms. The fraction of sp³-hybridized carbons (Fsp3) is 0.286. The van der Waals surface area contributed by atoms with Crippen LogP contribution < -0.4 is 10.1 Å². The van der Waals surface area contributed by atoms with E-state index in [1.807, 2.05) is 51.1 Å². The third kappa shape index (κ3) is 7.89. The number of hydrogen-bond donors (Lipinski definition) is 1. The van der Waals surface area contributed by atoms with E-state index in [1.165, 1.54) is 4.90 Å². The molecule has 0 saturated heterocycles. The number of carbonyl (C=O) groups excluding carboxylic acids is 2. The number of aryl methyl sites for hydroxylation is 1. The van der Waals surface area contributed by atoms with Gasteiger partial charge in [-0.05, 0) is 67.8 Å². The van der Waals surface area contributed by atoms with Crippen molar-refractivity contribution in [3.8, 4) is 5.75 Å². The average Bonchev–Trinajstić information content (AvgIpc) is 2.83. The van der Waals surface area contributed by atoms with Gasteiger partial charge in [0, 0.05) is 34.1 Å². The fourth-order valence-corrected chi connectivity index (χ4v) is 4.29. The summed E-state index contributed by atoms with van der Waals surface area (Å²) >= 11 is 18.6. The third-order valence-corrected chi connectivity index (χ3v) is 6.56. The minimum absolute atomic E-state index is 0.0971. The molecule has 0 spiro atoms. The second-order valence-corrected chi connectivity index (χ2v) is 10.1. The third-order valence-electron chi connectivity index (χ3n) is 5.55. The summed E-state index contributed by atoms with van der Waals surface area (Å²) in [6, 6.07) is 19.0. The molecule has 0 bridgehead atoms. The van der Waals surface area contributed by atoms with Crippen LogP contribution in [0.15, 0.2) is 66.7 Å². The standard InChI is InChI=1S/C28H29Cl3N2O3/c1-18(2)32-28(35)26(14-20-7-5-4-6-8-20)33(16-21-9-10-22(29)15-25(21)31)27(34)17-36-23-11-12-24(30)19(3)13-23/h4-13,15,18,26H,14,16-17H2,1-3H3,(H,32,35). The monoisotopic (exact) mass is 546 g/mol. The zero-order chi connectivity index (χ0) is 26.2. The Morgan fingerprint density at radius 1 is 0.944 bits per heavy atom. The van der Waals surface area contributed by atoms with E-state index in [0.29, 0.717) is 32.8 Å². The summed E-state index contributed by atoms with van der Waals surface area (Å²) in [6.45, 7) is 5.47. The Morgan fingerprint density at radius 3 is 2.31 bits per heavy atom. The number of ether oxygens (including phenoxy) is 1. The highest BCUT2D eigenvalue weighted by Gasteiger charge is 2.31. The molecule has 1 atom stereocenters. The molecule has 0 aromatic heterocycles. The van der Waals surface area contributed by atoms with Gasteiger partial charge in [0.2, 0.25) is 5.91 Å². The highest BCUT2D eigenvalue weighted by atomic mass is 35.5. The first kappa shape index (κ1) is 27.9. The smallest absolute Gasteiger partial charge is 0.261 e. The molecule has 3 rings (SSSR count). The van der Waals surface area contributed by atoms with Crippen LogP contribution in [0.5, 0.6) is 5.75 Å². The Morgan fingerprint density at radius 2 is 1.67 bits per heavy atom. The van der Waals surface area contributed by atoms with E-state index >= 15 is 0 Å². The molecular formula is C28H29Cl3N2O3. The number of amides is 2. The minimum atomic E-state index is -0.787. The minimum Gasteiger partial charge on any atom is -0.484 e. The summed E-state index contributed by atoms with van der Waals surface area (Å²) in [5.41, 5.74) is 2.44. The molecule has 0 aliphatic carbocycles. The maximum atomic E-state index is 13.6. The highest BCUT2D eigenvalue weighted by molar-refractivity contribution is 6.35. The molecule has 3 aromatic rings. The van der Waals surface area contributed by atoms with Crippen LogP contribution in [0.25, 0.3) is 0 Å². The second kappa shape index (κ2) is 13.0. The van der Waals surface area contributed by atoms with Crippen LogP contribution in [0.3, 0.4) is 0 Å². The van der Waals surface area contributed by atoms with Gasteiger partial charge in [-0.2, -0.15) is 0 Å². The van der Waals surface area contributed by atoms with E-state index in [4.69, 9.17) is 39.5 Å². The summed E-state index contributed by atoms with van der Waals surface area (Å²) in [6.07, 6.45) is 0.330. The lowest BCUT2D eigenvalue weighted by Gasteiger charge is -2.32. The number of rotatable bonds is 10. The van der Waals surface area contributed by atoms with E-state index in [2.05, 4.69) is 5.32 Å². The quantitative estimate of drug-likeness (QED) is 0.315. The zero-order valence-corrected chi connectivity index (χ0v) is 22.7. The first-order valence-electron chi connectivity index (χ1n) is 11.6. The molecule has 1 unspecified atom stereocenters. The van der Waals surface area contributed by atoms with Crippen LogP contribution in [-0.4, -0.2) is 35.4 Å². The predicted molar refractivity (Wildman–Crippen MR) is 146 cm³/mol. The van der Waals surface area contributed by atoms with Crippen LogP contribution in [0, 0.1) is 6.92 Å². The molecule has 190 valence electrons. The Kier molecular flexibility index (Phi) is 10.1. The van der Waals surface area contributed by atoms with Crippen molar-refractivity contribution in [1.82, 2.24) is 10.2 Å². The lowest BCUT2D eigenvalue weighted by Crippen LogP contribution is -2.52. The van der Waals surface area contributed by atoms with Gasteiger partial charge in [0.05, 0.1) is 0 Å². The zero-order valence-electron chi connectivity index (χ0n) is 20.4. The normalized spacial score (nSPS) is 11.8. The van der Waals surface area contributed by atoms with Crippen LogP contribution >= 0.6 is 34.8 Å². The maximum absolute atomic E-state index is 13.6. The van der Waals surface area contributed by atoms with Crippen molar-refractivity contribution < 1.29 is 14.3 Å². The number of carbonyl (C=O) groups is 2. The average molecular weight is 548 g/mol. The lowest BCUT2D eigenvalue weighted by molar-refractivity contribution is -0.143. The molecule has 5 nitrogen and oxygen atoms in total. The SMILES string of the molecule is Cc1cc(OCC(=O)N(Cc2ccc(Cl)cc2Cl)C(Cc2ccccc2)C(=O)NC(C)C)ccc1Cl. The Balaban J connectivity index is 1.94. The van der Waals surface area contributed by atoms with Crippen molar-refractivity contribution in [2.75, 3.05) is 6.61 Å². The molecule has 3 aromatic carbocycles. The molecule has 0 aliphatic heterocycles. The lowest BCUT2D eigenvalue weighted by atomic mass is 10.0. The van der Waals surface area contributed by atoms with Crippen LogP contribution in [0.1, 0.15) is 30.5 Å². The Labute approximate surface area is 227 Å². The number of hydrogen-bond acceptors (Lipinski definition) is 3. The van der Waals surface area contributed by atoms with E-state index in [-0.39, 0.29) is 31.0 Å². The first-order valence-corrected chi connectivity index (χ1v) is 12.7. The summed E-state index contributed by atoms with van der Waals surface area (Å²) < 4.78 is 5.80. The summed E-state index contributed by atoms with van der Waals surface area (Å²) in [7, 11) is 0. The molecule has 0 aliphatic rings. The molecular weight excluding hydrogens is 519 g/mol. The van der Waals surface area contributed by atoms with Crippen molar-refractivity contribution in [3.63, 3.8) is 0 Å². The molecule has 0 saturated carbocycles. The first-order chi connectivity index (χ1) is 17.1. The highest BCUT2D eigenvalue weighted by Crippen LogP contribution is 2.25. The van der Waals surface area contributed by atoms with Gasteiger partial charge in [-0.1, -0.05) is 71.2 Å². The molecule has 0 fully saturated rings. The van der Waals surface area contributed by atoms with E-state index < -0.39 is 6.04 Å². The maximum Gasteiger partial charge on any atom is 0.261 e. The van der Waals surface area contributed by atoms with Gasteiger partial charge in [-0.3, -0.25) is 9.59 Å². The van der Waals surface area contributed by atoms with E-state index in [0.717, 1.165) is 11.1 Å². The number of halogens is 3. The van der Waals surface area contributed by atoms with Crippen molar-refractivity contribution in [3.05, 3.63) is 98.5 Å². The van der Waals surface area contributed by atoms with Crippen LogP contribution in [0.2, 0.25) is 15.1 Å². The number of benzene rings is 3. The molecule has 1 N–H and O–H groups in total. The molecule has 2 amide bonds. The van der Waals surface area contributed by atoms with Gasteiger partial charge in [-0.15, -0.1) is 0 Å². The number of nitrogens with one attached hydrogen (secondary N) is 1. The van der Waals surface area contributed by atoms with E-state index in [9.17, 15) is 9.59 Å². The van der Waals surface area contributed by atoms with Gasteiger partial charge in [0.25, 0.3) is 5.91 Å².